The van der Waals surface area contributed by atoms with Crippen LogP contribution in [-0.2, 0) is 6.42 Å². The van der Waals surface area contributed by atoms with Crippen LogP contribution in [0.25, 0.3) is 27.8 Å². The van der Waals surface area contributed by atoms with Crippen molar-refractivity contribution in [1.82, 2.24) is 14.5 Å². The maximum Gasteiger partial charge on any atom is 0.138 e. The lowest BCUT2D eigenvalue weighted by Crippen LogP contribution is -2.01. The summed E-state index contributed by atoms with van der Waals surface area (Å²) in [6.45, 7) is 2.17. The third kappa shape index (κ3) is 2.98. The van der Waals surface area contributed by atoms with Gasteiger partial charge in [-0.15, -0.1) is 0 Å². The highest BCUT2D eigenvalue weighted by Gasteiger charge is 2.14. The number of fused-ring (bicyclic) bond motifs is 1. The van der Waals surface area contributed by atoms with Crippen LogP contribution in [0.3, 0.4) is 0 Å². The molecule has 0 saturated heterocycles. The second-order valence-electron chi connectivity index (χ2n) is 6.23. The lowest BCUT2D eigenvalue weighted by molar-refractivity contribution is 0.299. The third-order valence-electron chi connectivity index (χ3n) is 4.57. The van der Waals surface area contributed by atoms with Crippen molar-refractivity contribution in [3.05, 3.63) is 77.3 Å². The van der Waals surface area contributed by atoms with Gasteiger partial charge in [0, 0.05) is 29.4 Å². The summed E-state index contributed by atoms with van der Waals surface area (Å²) in [7, 11) is 0. The number of nitrogens with zero attached hydrogens (tertiary/aromatic N) is 3. The molecular formula is C21H18ClN3O. The lowest BCUT2D eigenvalue weighted by atomic mass is 9.90. The number of hydrogen-bond acceptors (Lipinski definition) is 3. The molecule has 0 radical (unpaired) electrons. The highest BCUT2D eigenvalue weighted by molar-refractivity contribution is 6.30. The number of aromatic nitrogens is 3. The van der Waals surface area contributed by atoms with Gasteiger partial charge in [0.2, 0.25) is 0 Å². The average Bonchev–Trinajstić information content (AvgIpc) is 3.18. The Balaban J connectivity index is 1.99. The molecule has 4 aromatic rings. The van der Waals surface area contributed by atoms with E-state index in [4.69, 9.17) is 16.6 Å². The molecule has 0 saturated carbocycles. The first-order valence-electron chi connectivity index (χ1n) is 8.46. The van der Waals surface area contributed by atoms with Crippen molar-refractivity contribution in [2.75, 3.05) is 6.61 Å². The molecule has 0 aliphatic heterocycles. The van der Waals surface area contributed by atoms with E-state index in [9.17, 15) is 5.11 Å². The summed E-state index contributed by atoms with van der Waals surface area (Å²) < 4.78 is 1.89. The SMILES string of the molecule is Cc1cc2nc(-n3ccnc3)ccc2c(-c2ccc(Cl)cc2)c1CCO. The minimum Gasteiger partial charge on any atom is -0.396 e. The topological polar surface area (TPSA) is 50.9 Å². The second-order valence-corrected chi connectivity index (χ2v) is 6.67. The normalized spacial score (nSPS) is 11.2. The highest BCUT2D eigenvalue weighted by Crippen LogP contribution is 2.35. The predicted octanol–water partition coefficient (Wildman–Crippen LogP) is 4.58. The maximum absolute atomic E-state index is 9.55. The zero-order valence-electron chi connectivity index (χ0n) is 14.4. The highest BCUT2D eigenvalue weighted by atomic mass is 35.5. The van der Waals surface area contributed by atoms with Gasteiger partial charge in [0.25, 0.3) is 0 Å². The predicted molar refractivity (Wildman–Crippen MR) is 105 cm³/mol. The van der Waals surface area contributed by atoms with Gasteiger partial charge in [-0.1, -0.05) is 23.7 Å². The lowest BCUT2D eigenvalue weighted by Gasteiger charge is -2.16. The Hall–Kier alpha value is -2.69. The minimum atomic E-state index is 0.105. The second kappa shape index (κ2) is 6.90. The molecule has 2 heterocycles. The van der Waals surface area contributed by atoms with E-state index >= 15 is 0 Å². The Morgan fingerprint density at radius 2 is 1.92 bits per heavy atom. The Labute approximate surface area is 156 Å². The van der Waals surface area contributed by atoms with E-state index in [-0.39, 0.29) is 6.61 Å². The molecule has 0 spiro atoms. The van der Waals surface area contributed by atoms with Crippen LogP contribution in [0.1, 0.15) is 11.1 Å². The molecule has 4 nitrogen and oxygen atoms in total. The van der Waals surface area contributed by atoms with Crippen LogP contribution in [0.5, 0.6) is 0 Å². The molecule has 2 aromatic carbocycles. The summed E-state index contributed by atoms with van der Waals surface area (Å²) in [5.74, 6) is 0.825. The zero-order chi connectivity index (χ0) is 18.1. The van der Waals surface area contributed by atoms with Crippen molar-refractivity contribution >= 4 is 22.5 Å². The quantitative estimate of drug-likeness (QED) is 0.577. The fourth-order valence-corrected chi connectivity index (χ4v) is 3.48. The molecule has 0 atom stereocenters. The van der Waals surface area contributed by atoms with Crippen molar-refractivity contribution in [1.29, 1.82) is 0 Å². The number of halogens is 1. The van der Waals surface area contributed by atoms with Crippen LogP contribution in [0, 0.1) is 6.92 Å². The largest absolute Gasteiger partial charge is 0.396 e. The fourth-order valence-electron chi connectivity index (χ4n) is 3.36. The number of rotatable bonds is 4. The van der Waals surface area contributed by atoms with Gasteiger partial charge in [0.05, 0.1) is 5.52 Å². The van der Waals surface area contributed by atoms with Crippen LogP contribution < -0.4 is 0 Å². The van der Waals surface area contributed by atoms with Gasteiger partial charge in [-0.3, -0.25) is 4.57 Å². The van der Waals surface area contributed by atoms with E-state index in [0.717, 1.165) is 39.0 Å². The van der Waals surface area contributed by atoms with E-state index in [1.807, 2.05) is 41.1 Å². The van der Waals surface area contributed by atoms with Crippen LogP contribution >= 0.6 is 11.6 Å². The summed E-state index contributed by atoms with van der Waals surface area (Å²) >= 11 is 6.07. The molecule has 26 heavy (non-hydrogen) atoms. The van der Waals surface area contributed by atoms with E-state index < -0.39 is 0 Å². The molecular weight excluding hydrogens is 346 g/mol. The van der Waals surface area contributed by atoms with Gasteiger partial charge in [-0.25, -0.2) is 9.97 Å². The van der Waals surface area contributed by atoms with E-state index in [1.54, 1.807) is 12.5 Å². The fraction of sp³-hybridized carbons (Fsp3) is 0.143. The number of aliphatic hydroxyl groups is 1. The number of imidazole rings is 1. The molecule has 0 unspecified atom stereocenters. The van der Waals surface area contributed by atoms with Crippen LogP contribution in [0.4, 0.5) is 0 Å². The van der Waals surface area contributed by atoms with E-state index in [2.05, 4.69) is 24.0 Å². The van der Waals surface area contributed by atoms with E-state index in [1.165, 1.54) is 0 Å². The maximum atomic E-state index is 9.55. The monoisotopic (exact) mass is 363 g/mol. The van der Waals surface area contributed by atoms with Crippen molar-refractivity contribution in [2.45, 2.75) is 13.3 Å². The summed E-state index contributed by atoms with van der Waals surface area (Å²) in [6, 6.07) is 14.0. The van der Waals surface area contributed by atoms with Gasteiger partial charge in [-0.2, -0.15) is 0 Å². The first-order chi connectivity index (χ1) is 12.7. The first kappa shape index (κ1) is 16.8. The molecule has 0 aliphatic rings. The summed E-state index contributed by atoms with van der Waals surface area (Å²) in [4.78, 5) is 8.91. The van der Waals surface area contributed by atoms with Gasteiger partial charge >= 0.3 is 0 Å². The smallest absolute Gasteiger partial charge is 0.138 e. The summed E-state index contributed by atoms with van der Waals surface area (Å²) in [5.41, 5.74) is 5.35. The van der Waals surface area contributed by atoms with Crippen molar-refractivity contribution < 1.29 is 5.11 Å². The Morgan fingerprint density at radius 1 is 1.12 bits per heavy atom. The number of aliphatic hydroxyl groups excluding tert-OH is 1. The number of benzene rings is 2. The molecule has 2 aromatic heterocycles. The summed E-state index contributed by atoms with van der Waals surface area (Å²) in [5, 5.41) is 11.3. The summed E-state index contributed by atoms with van der Waals surface area (Å²) in [6.07, 6.45) is 5.95. The molecule has 1 N–H and O–H groups in total. The Kier molecular flexibility index (Phi) is 4.45. The van der Waals surface area contributed by atoms with Crippen LogP contribution in [0.2, 0.25) is 5.02 Å². The van der Waals surface area contributed by atoms with Gasteiger partial charge < -0.3 is 5.11 Å². The first-order valence-corrected chi connectivity index (χ1v) is 8.83. The number of pyridine rings is 1. The molecule has 0 aliphatic carbocycles. The molecule has 0 bridgehead atoms. The van der Waals surface area contributed by atoms with Crippen LogP contribution in [0.15, 0.2) is 61.2 Å². The molecule has 4 rings (SSSR count). The zero-order valence-corrected chi connectivity index (χ0v) is 15.1. The standard InChI is InChI=1S/C21H18ClN3O/c1-14-12-19-18(6-7-20(24-19)25-10-9-23-13-25)21(17(14)8-11-26)15-2-4-16(22)5-3-15/h2-7,9-10,12-13,26H,8,11H2,1H3. The molecule has 0 amide bonds. The van der Waals surface area contributed by atoms with Crippen molar-refractivity contribution in [2.24, 2.45) is 0 Å². The van der Waals surface area contributed by atoms with Crippen molar-refractivity contribution in [3.8, 4) is 16.9 Å². The number of hydrogen-bond donors (Lipinski definition) is 1. The minimum absolute atomic E-state index is 0.105. The van der Waals surface area contributed by atoms with Crippen molar-refractivity contribution in [3.63, 3.8) is 0 Å². The molecule has 5 heteroatoms. The molecule has 0 fully saturated rings. The van der Waals surface area contributed by atoms with Crippen LogP contribution in [-0.4, -0.2) is 26.2 Å². The Bertz CT molecular complexity index is 1060. The molecule has 130 valence electrons. The third-order valence-corrected chi connectivity index (χ3v) is 4.83. The number of aryl methyl sites for hydroxylation is 1. The Morgan fingerprint density at radius 3 is 2.62 bits per heavy atom. The van der Waals surface area contributed by atoms with E-state index in [0.29, 0.717) is 11.4 Å². The van der Waals surface area contributed by atoms with Gasteiger partial charge in [0.1, 0.15) is 12.1 Å². The average molecular weight is 364 g/mol. The van der Waals surface area contributed by atoms with Gasteiger partial charge in [0.15, 0.2) is 0 Å². The van der Waals surface area contributed by atoms with Gasteiger partial charge in [-0.05, 0) is 65.9 Å².